The number of nitrogens with zero attached hydrogens (tertiary/aromatic N) is 2. The molecule has 0 fully saturated rings. The minimum absolute atomic E-state index is 0.532. The number of halogens is 1. The maximum Gasteiger partial charge on any atom is 0.127 e. The van der Waals surface area contributed by atoms with Gasteiger partial charge in [0.25, 0.3) is 0 Å². The van der Waals surface area contributed by atoms with Crippen LogP contribution in [0.2, 0.25) is 0 Å². The summed E-state index contributed by atoms with van der Waals surface area (Å²) in [4.78, 5) is 0. The molecule has 1 aliphatic heterocycles. The zero-order valence-corrected chi connectivity index (χ0v) is 13.3. The second-order valence-electron chi connectivity index (χ2n) is 5.16. The lowest BCUT2D eigenvalue weighted by molar-refractivity contribution is 0.352. The molecular weight excluding hydrogens is 318 g/mol. The maximum atomic E-state index is 5.79. The summed E-state index contributed by atoms with van der Waals surface area (Å²) in [5, 5.41) is 4.60. The standard InChI is InChI=1S/C15H18BrN3O/c1-9-14(7-17)10(2)19(18-9)8-12-6-13(16)5-11-3-4-20-15(11)12/h5-6H,3-4,7-8,17H2,1-2H3. The Kier molecular flexibility index (Phi) is 3.56. The van der Waals surface area contributed by atoms with Crippen LogP contribution in [0.3, 0.4) is 0 Å². The summed E-state index contributed by atoms with van der Waals surface area (Å²) in [5.41, 5.74) is 11.5. The van der Waals surface area contributed by atoms with Crippen molar-refractivity contribution in [2.45, 2.75) is 33.4 Å². The van der Waals surface area contributed by atoms with Gasteiger partial charge in [0, 0.05) is 34.3 Å². The van der Waals surface area contributed by atoms with E-state index >= 15 is 0 Å². The van der Waals surface area contributed by atoms with Gasteiger partial charge in [-0.3, -0.25) is 4.68 Å². The van der Waals surface area contributed by atoms with Gasteiger partial charge in [0.05, 0.1) is 18.8 Å². The van der Waals surface area contributed by atoms with Gasteiger partial charge in [-0.25, -0.2) is 0 Å². The molecule has 1 aromatic heterocycles. The molecule has 0 aliphatic carbocycles. The number of hydrogen-bond acceptors (Lipinski definition) is 3. The fourth-order valence-electron chi connectivity index (χ4n) is 2.81. The predicted octanol–water partition coefficient (Wildman–Crippen LogP) is 2.70. The van der Waals surface area contributed by atoms with Crippen molar-refractivity contribution in [1.29, 1.82) is 0 Å². The van der Waals surface area contributed by atoms with E-state index in [9.17, 15) is 0 Å². The van der Waals surface area contributed by atoms with Crippen LogP contribution in [0.15, 0.2) is 16.6 Å². The Morgan fingerprint density at radius 3 is 2.90 bits per heavy atom. The summed E-state index contributed by atoms with van der Waals surface area (Å²) in [6.07, 6.45) is 0.979. The van der Waals surface area contributed by atoms with E-state index in [0.717, 1.165) is 40.2 Å². The van der Waals surface area contributed by atoms with Crippen molar-refractivity contribution in [2.24, 2.45) is 5.73 Å². The summed E-state index contributed by atoms with van der Waals surface area (Å²) in [6, 6.07) is 4.25. The summed E-state index contributed by atoms with van der Waals surface area (Å²) in [5.74, 6) is 1.02. The normalized spacial score (nSPS) is 13.4. The molecule has 0 saturated carbocycles. The average molecular weight is 336 g/mol. The quantitative estimate of drug-likeness (QED) is 0.938. The predicted molar refractivity (Wildman–Crippen MR) is 82.0 cm³/mol. The highest BCUT2D eigenvalue weighted by Crippen LogP contribution is 2.33. The van der Waals surface area contributed by atoms with E-state index in [1.54, 1.807) is 0 Å². The van der Waals surface area contributed by atoms with Gasteiger partial charge in [-0.05, 0) is 31.5 Å². The van der Waals surface area contributed by atoms with Gasteiger partial charge in [-0.15, -0.1) is 0 Å². The van der Waals surface area contributed by atoms with E-state index in [1.807, 2.05) is 11.6 Å². The van der Waals surface area contributed by atoms with Crippen LogP contribution in [0.25, 0.3) is 0 Å². The summed E-state index contributed by atoms with van der Waals surface area (Å²) >= 11 is 3.58. The average Bonchev–Trinajstić information content (AvgIpc) is 2.95. The first-order valence-electron chi connectivity index (χ1n) is 6.77. The topological polar surface area (TPSA) is 53.1 Å². The Morgan fingerprint density at radius 2 is 2.20 bits per heavy atom. The van der Waals surface area contributed by atoms with Crippen LogP contribution in [0, 0.1) is 13.8 Å². The third-order valence-corrected chi connectivity index (χ3v) is 4.34. The molecule has 0 spiro atoms. The lowest BCUT2D eigenvalue weighted by atomic mass is 10.1. The van der Waals surface area contributed by atoms with Gasteiger partial charge in [0.2, 0.25) is 0 Å². The number of ether oxygens (including phenoxy) is 1. The Hall–Kier alpha value is -1.33. The molecule has 2 N–H and O–H groups in total. The monoisotopic (exact) mass is 335 g/mol. The first-order valence-corrected chi connectivity index (χ1v) is 7.56. The van der Waals surface area contributed by atoms with E-state index in [2.05, 4.69) is 40.1 Å². The lowest BCUT2D eigenvalue weighted by Gasteiger charge is -2.11. The van der Waals surface area contributed by atoms with Gasteiger partial charge >= 0.3 is 0 Å². The van der Waals surface area contributed by atoms with Crippen molar-refractivity contribution in [2.75, 3.05) is 6.61 Å². The van der Waals surface area contributed by atoms with Crippen molar-refractivity contribution >= 4 is 15.9 Å². The molecule has 3 rings (SSSR count). The molecule has 1 aliphatic rings. The van der Waals surface area contributed by atoms with Crippen LogP contribution in [-0.2, 0) is 19.5 Å². The molecule has 1 aromatic carbocycles. The van der Waals surface area contributed by atoms with E-state index in [0.29, 0.717) is 13.1 Å². The van der Waals surface area contributed by atoms with Crippen molar-refractivity contribution in [3.05, 3.63) is 44.7 Å². The Bertz CT molecular complexity index is 664. The van der Waals surface area contributed by atoms with E-state index in [-0.39, 0.29) is 0 Å². The molecule has 0 amide bonds. The molecule has 106 valence electrons. The Morgan fingerprint density at radius 1 is 1.40 bits per heavy atom. The third kappa shape index (κ3) is 2.25. The number of nitrogens with two attached hydrogens (primary N) is 1. The molecule has 0 radical (unpaired) electrons. The van der Waals surface area contributed by atoms with Crippen LogP contribution < -0.4 is 10.5 Å². The SMILES string of the molecule is Cc1nn(Cc2cc(Br)cc3c2OCC3)c(C)c1CN. The van der Waals surface area contributed by atoms with Gasteiger partial charge in [0.1, 0.15) is 5.75 Å². The maximum absolute atomic E-state index is 5.79. The first kappa shape index (κ1) is 13.6. The highest BCUT2D eigenvalue weighted by atomic mass is 79.9. The summed E-state index contributed by atoms with van der Waals surface area (Å²) in [6.45, 7) is 6.10. The van der Waals surface area contributed by atoms with E-state index in [1.165, 1.54) is 11.1 Å². The van der Waals surface area contributed by atoms with Gasteiger partial charge in [-0.2, -0.15) is 5.10 Å². The number of rotatable bonds is 3. The number of aryl methyl sites for hydroxylation is 1. The number of fused-ring (bicyclic) bond motifs is 1. The van der Waals surface area contributed by atoms with Crippen molar-refractivity contribution < 1.29 is 4.74 Å². The van der Waals surface area contributed by atoms with Gasteiger partial charge in [-0.1, -0.05) is 15.9 Å². The highest BCUT2D eigenvalue weighted by Gasteiger charge is 2.19. The van der Waals surface area contributed by atoms with Crippen LogP contribution in [-0.4, -0.2) is 16.4 Å². The summed E-state index contributed by atoms with van der Waals surface area (Å²) in [7, 11) is 0. The minimum atomic E-state index is 0.532. The molecule has 0 atom stereocenters. The molecule has 4 nitrogen and oxygen atoms in total. The van der Waals surface area contributed by atoms with Gasteiger partial charge < -0.3 is 10.5 Å². The molecule has 5 heteroatoms. The third-order valence-electron chi connectivity index (χ3n) is 3.88. The van der Waals surface area contributed by atoms with Crippen molar-refractivity contribution in [3.63, 3.8) is 0 Å². The second-order valence-corrected chi connectivity index (χ2v) is 6.08. The molecule has 2 aromatic rings. The molecule has 2 heterocycles. The molecule has 20 heavy (non-hydrogen) atoms. The fourth-order valence-corrected chi connectivity index (χ4v) is 3.36. The van der Waals surface area contributed by atoms with Crippen LogP contribution >= 0.6 is 15.9 Å². The smallest absolute Gasteiger partial charge is 0.127 e. The summed E-state index contributed by atoms with van der Waals surface area (Å²) < 4.78 is 8.88. The van der Waals surface area contributed by atoms with Crippen LogP contribution in [0.4, 0.5) is 0 Å². The molecule has 0 saturated heterocycles. The minimum Gasteiger partial charge on any atom is -0.493 e. The number of hydrogen-bond donors (Lipinski definition) is 1. The lowest BCUT2D eigenvalue weighted by Crippen LogP contribution is -2.06. The Labute approximate surface area is 127 Å². The van der Waals surface area contributed by atoms with Crippen molar-refractivity contribution in [1.82, 2.24) is 9.78 Å². The largest absolute Gasteiger partial charge is 0.493 e. The van der Waals surface area contributed by atoms with Crippen LogP contribution in [0.5, 0.6) is 5.75 Å². The molecular formula is C15H18BrN3O. The van der Waals surface area contributed by atoms with Crippen molar-refractivity contribution in [3.8, 4) is 5.75 Å². The number of benzene rings is 1. The van der Waals surface area contributed by atoms with Crippen LogP contribution in [0.1, 0.15) is 28.1 Å². The molecule has 0 unspecified atom stereocenters. The zero-order chi connectivity index (χ0) is 14.3. The highest BCUT2D eigenvalue weighted by molar-refractivity contribution is 9.10. The van der Waals surface area contributed by atoms with Gasteiger partial charge in [0.15, 0.2) is 0 Å². The second kappa shape index (κ2) is 5.22. The van der Waals surface area contributed by atoms with E-state index < -0.39 is 0 Å². The zero-order valence-electron chi connectivity index (χ0n) is 11.7. The number of aromatic nitrogens is 2. The fraction of sp³-hybridized carbons (Fsp3) is 0.400. The molecule has 0 bridgehead atoms. The first-order chi connectivity index (χ1) is 9.60. The Balaban J connectivity index is 2.00. The van der Waals surface area contributed by atoms with E-state index in [4.69, 9.17) is 10.5 Å².